The maximum absolute atomic E-state index is 11.8. The zero-order valence-corrected chi connectivity index (χ0v) is 15.4. The van der Waals surface area contributed by atoms with Crippen LogP contribution in [0.1, 0.15) is 64.2 Å². The fourth-order valence-corrected chi connectivity index (χ4v) is 2.28. The molecule has 1 atom stereocenters. The average Bonchev–Trinajstić information content (AvgIpc) is 2.58. The number of hydrogen-bond donors (Lipinski definition) is 5. The summed E-state index contributed by atoms with van der Waals surface area (Å²) in [6, 6.07) is -0.720. The molecular formula is C17H33N5O4. The van der Waals surface area contributed by atoms with Gasteiger partial charge >= 0.3 is 0 Å². The molecular weight excluding hydrogens is 338 g/mol. The molecule has 26 heavy (non-hydrogen) atoms. The highest BCUT2D eigenvalue weighted by molar-refractivity contribution is 5.82. The maximum atomic E-state index is 11.8. The van der Waals surface area contributed by atoms with Crippen molar-refractivity contribution in [1.82, 2.24) is 10.6 Å². The standard InChI is InChI=1S/C17H33N5O4/c18-13(17(26)22-12-6-2-4-8-15(20)24)9-10-16(25)21-11-5-1-3-7-14(19)23/h13H,1-12,18H2,(H2,19,23)(H2,20,24)(H,21,25)(H,22,26). The summed E-state index contributed by atoms with van der Waals surface area (Å²) in [6.45, 7) is 1.02. The molecule has 9 heteroatoms. The van der Waals surface area contributed by atoms with E-state index in [0.29, 0.717) is 32.4 Å². The second kappa shape index (κ2) is 15.1. The van der Waals surface area contributed by atoms with Crippen LogP contribution in [0.15, 0.2) is 0 Å². The Labute approximate surface area is 154 Å². The molecule has 8 N–H and O–H groups in total. The Kier molecular flexibility index (Phi) is 13.9. The summed E-state index contributed by atoms with van der Waals surface area (Å²) in [5.41, 5.74) is 15.9. The molecule has 9 nitrogen and oxygen atoms in total. The van der Waals surface area contributed by atoms with Gasteiger partial charge in [0.15, 0.2) is 0 Å². The molecule has 0 bridgehead atoms. The van der Waals surface area contributed by atoms with Crippen LogP contribution in [-0.4, -0.2) is 42.8 Å². The van der Waals surface area contributed by atoms with Gasteiger partial charge < -0.3 is 27.8 Å². The summed E-state index contributed by atoms with van der Waals surface area (Å²) in [5, 5.41) is 5.48. The van der Waals surface area contributed by atoms with Crippen LogP contribution >= 0.6 is 0 Å². The first-order valence-corrected chi connectivity index (χ1v) is 9.19. The maximum Gasteiger partial charge on any atom is 0.236 e. The molecule has 0 aromatic rings. The summed E-state index contributed by atoms with van der Waals surface area (Å²) in [4.78, 5) is 44.6. The monoisotopic (exact) mass is 371 g/mol. The molecule has 1 unspecified atom stereocenters. The van der Waals surface area contributed by atoms with Crippen molar-refractivity contribution in [3.63, 3.8) is 0 Å². The van der Waals surface area contributed by atoms with Gasteiger partial charge in [0.05, 0.1) is 6.04 Å². The summed E-state index contributed by atoms with van der Waals surface area (Å²) in [7, 11) is 0. The Morgan fingerprint density at radius 2 is 1.19 bits per heavy atom. The number of unbranched alkanes of at least 4 members (excludes halogenated alkanes) is 4. The van der Waals surface area contributed by atoms with Gasteiger partial charge in [0.25, 0.3) is 0 Å². The fourth-order valence-electron chi connectivity index (χ4n) is 2.28. The first kappa shape index (κ1) is 23.8. The Bertz CT molecular complexity index is 456. The first-order chi connectivity index (χ1) is 12.3. The highest BCUT2D eigenvalue weighted by atomic mass is 16.2. The first-order valence-electron chi connectivity index (χ1n) is 9.19. The molecule has 0 aliphatic rings. The number of carbonyl (C=O) groups is 4. The SMILES string of the molecule is NC(=O)CCCCCNC(=O)CCC(N)C(=O)NCCCCCC(N)=O. The van der Waals surface area contributed by atoms with Crippen LogP contribution in [0.4, 0.5) is 0 Å². The van der Waals surface area contributed by atoms with Gasteiger partial charge in [-0.1, -0.05) is 12.8 Å². The second-order valence-electron chi connectivity index (χ2n) is 6.34. The van der Waals surface area contributed by atoms with E-state index in [-0.39, 0.29) is 36.5 Å². The Morgan fingerprint density at radius 3 is 1.69 bits per heavy atom. The molecule has 0 aromatic carbocycles. The van der Waals surface area contributed by atoms with Crippen LogP contribution in [0.2, 0.25) is 0 Å². The van der Waals surface area contributed by atoms with E-state index in [1.165, 1.54) is 0 Å². The predicted molar refractivity (Wildman–Crippen MR) is 98.6 cm³/mol. The van der Waals surface area contributed by atoms with E-state index in [1.807, 2.05) is 0 Å². The summed E-state index contributed by atoms with van der Waals surface area (Å²) in [6.07, 6.45) is 5.78. The van der Waals surface area contributed by atoms with Crippen molar-refractivity contribution in [1.29, 1.82) is 0 Å². The number of nitrogens with two attached hydrogens (primary N) is 3. The summed E-state index contributed by atoms with van der Waals surface area (Å²) < 4.78 is 0. The quantitative estimate of drug-likeness (QED) is 0.228. The van der Waals surface area contributed by atoms with E-state index >= 15 is 0 Å². The zero-order valence-electron chi connectivity index (χ0n) is 15.4. The van der Waals surface area contributed by atoms with E-state index in [0.717, 1.165) is 32.1 Å². The molecule has 0 aromatic heterocycles. The number of hydrogen-bond acceptors (Lipinski definition) is 5. The van der Waals surface area contributed by atoms with E-state index in [1.54, 1.807) is 0 Å². The number of amides is 4. The van der Waals surface area contributed by atoms with E-state index in [4.69, 9.17) is 17.2 Å². The van der Waals surface area contributed by atoms with Crippen molar-refractivity contribution in [2.24, 2.45) is 17.2 Å². The van der Waals surface area contributed by atoms with Gasteiger partial charge in [0, 0.05) is 32.4 Å². The zero-order chi connectivity index (χ0) is 19.8. The third-order valence-corrected chi connectivity index (χ3v) is 3.84. The number of carbonyl (C=O) groups excluding carboxylic acids is 4. The molecule has 4 amide bonds. The van der Waals surface area contributed by atoms with Crippen LogP contribution < -0.4 is 27.8 Å². The molecule has 0 saturated heterocycles. The predicted octanol–water partition coefficient (Wildman–Crippen LogP) is -0.582. The van der Waals surface area contributed by atoms with Gasteiger partial charge in [-0.3, -0.25) is 19.2 Å². The largest absolute Gasteiger partial charge is 0.370 e. The van der Waals surface area contributed by atoms with Crippen molar-refractivity contribution in [3.8, 4) is 0 Å². The van der Waals surface area contributed by atoms with Gasteiger partial charge in [0.1, 0.15) is 0 Å². The molecule has 150 valence electrons. The van der Waals surface area contributed by atoms with Crippen LogP contribution in [0.3, 0.4) is 0 Å². The van der Waals surface area contributed by atoms with Crippen LogP contribution in [0.25, 0.3) is 0 Å². The van der Waals surface area contributed by atoms with Crippen molar-refractivity contribution in [3.05, 3.63) is 0 Å². The lowest BCUT2D eigenvalue weighted by Crippen LogP contribution is -2.41. The van der Waals surface area contributed by atoms with Crippen LogP contribution in [0.5, 0.6) is 0 Å². The van der Waals surface area contributed by atoms with Gasteiger partial charge in [-0.2, -0.15) is 0 Å². The topological polar surface area (TPSA) is 170 Å². The Hall–Kier alpha value is -2.16. The Morgan fingerprint density at radius 1 is 0.692 bits per heavy atom. The summed E-state index contributed by atoms with van der Waals surface area (Å²) >= 11 is 0. The lowest BCUT2D eigenvalue weighted by Gasteiger charge is -2.12. The molecule has 0 heterocycles. The fraction of sp³-hybridized carbons (Fsp3) is 0.765. The molecule has 0 rings (SSSR count). The van der Waals surface area contributed by atoms with Crippen molar-refractivity contribution >= 4 is 23.6 Å². The van der Waals surface area contributed by atoms with Crippen molar-refractivity contribution in [2.75, 3.05) is 13.1 Å². The van der Waals surface area contributed by atoms with Crippen LogP contribution in [0, 0.1) is 0 Å². The van der Waals surface area contributed by atoms with E-state index in [9.17, 15) is 19.2 Å². The third-order valence-electron chi connectivity index (χ3n) is 3.84. The molecule has 0 aliphatic carbocycles. The molecule has 0 spiro atoms. The van der Waals surface area contributed by atoms with E-state index < -0.39 is 6.04 Å². The number of nitrogens with one attached hydrogen (secondary N) is 2. The van der Waals surface area contributed by atoms with Gasteiger partial charge in [-0.15, -0.1) is 0 Å². The lowest BCUT2D eigenvalue weighted by atomic mass is 10.1. The van der Waals surface area contributed by atoms with Crippen molar-refractivity contribution in [2.45, 2.75) is 70.3 Å². The smallest absolute Gasteiger partial charge is 0.236 e. The number of rotatable bonds is 16. The summed E-state index contributed by atoms with van der Waals surface area (Å²) in [5.74, 6) is -1.05. The molecule has 0 fully saturated rings. The van der Waals surface area contributed by atoms with Gasteiger partial charge in [-0.05, 0) is 32.1 Å². The second-order valence-corrected chi connectivity index (χ2v) is 6.34. The van der Waals surface area contributed by atoms with Gasteiger partial charge in [-0.25, -0.2) is 0 Å². The Balaban J connectivity index is 3.61. The highest BCUT2D eigenvalue weighted by Crippen LogP contribution is 2.00. The lowest BCUT2D eigenvalue weighted by molar-refractivity contribution is -0.124. The molecule has 0 radical (unpaired) electrons. The van der Waals surface area contributed by atoms with E-state index in [2.05, 4.69) is 10.6 Å². The normalized spacial score (nSPS) is 11.6. The average molecular weight is 371 g/mol. The number of primary amides is 2. The molecule has 0 saturated carbocycles. The minimum atomic E-state index is -0.720. The third kappa shape index (κ3) is 15.4. The minimum absolute atomic E-state index is 0.144. The minimum Gasteiger partial charge on any atom is -0.370 e. The van der Waals surface area contributed by atoms with Crippen molar-refractivity contribution < 1.29 is 19.2 Å². The highest BCUT2D eigenvalue weighted by Gasteiger charge is 2.14. The van der Waals surface area contributed by atoms with Crippen LogP contribution in [-0.2, 0) is 19.2 Å². The van der Waals surface area contributed by atoms with Gasteiger partial charge in [0.2, 0.25) is 23.6 Å². The molecule has 0 aliphatic heterocycles.